The fourth-order valence-corrected chi connectivity index (χ4v) is 2.62. The molecule has 0 spiro atoms. The fourth-order valence-electron chi connectivity index (χ4n) is 2.62. The van der Waals surface area contributed by atoms with Gasteiger partial charge in [0.2, 0.25) is 0 Å². The normalized spacial score (nSPS) is 12.7. The summed E-state index contributed by atoms with van der Waals surface area (Å²) in [4.78, 5) is 0. The number of rotatable bonds is 2. The molecule has 146 valence electrons. The molecule has 4 nitrogen and oxygen atoms in total. The van der Waals surface area contributed by atoms with E-state index in [1.165, 1.54) is 16.8 Å². The zero-order valence-corrected chi connectivity index (χ0v) is 17.2. The van der Waals surface area contributed by atoms with E-state index in [2.05, 4.69) is 58.0 Å². The number of hydrogen-bond acceptors (Lipinski definition) is 3. The Kier molecular flexibility index (Phi) is 8.76. The van der Waals surface area contributed by atoms with Crippen molar-refractivity contribution < 1.29 is 0 Å². The van der Waals surface area contributed by atoms with Gasteiger partial charge in [0.25, 0.3) is 0 Å². The molecule has 0 bridgehead atoms. The summed E-state index contributed by atoms with van der Waals surface area (Å²) in [5.74, 6) is 0. The molecule has 0 saturated carbocycles. The van der Waals surface area contributed by atoms with Crippen molar-refractivity contribution in [3.05, 3.63) is 96.8 Å². The molecule has 0 saturated heterocycles. The average Bonchev–Trinajstić information content (AvgIpc) is 3.38. The lowest BCUT2D eigenvalue weighted by molar-refractivity contribution is 0.392. The van der Waals surface area contributed by atoms with Crippen molar-refractivity contribution in [3.8, 4) is 11.1 Å². The van der Waals surface area contributed by atoms with Crippen molar-refractivity contribution >= 4 is 5.70 Å². The van der Waals surface area contributed by atoms with Crippen molar-refractivity contribution in [2.24, 2.45) is 7.05 Å². The number of aryl methyl sites for hydroxylation is 1. The van der Waals surface area contributed by atoms with Crippen LogP contribution < -0.4 is 5.43 Å². The highest BCUT2D eigenvalue weighted by Gasteiger charge is 2.10. The van der Waals surface area contributed by atoms with Gasteiger partial charge >= 0.3 is 0 Å². The van der Waals surface area contributed by atoms with Crippen LogP contribution in [0.4, 0.5) is 0 Å². The molecule has 4 rings (SSSR count). The molecule has 0 aliphatic carbocycles. The van der Waals surface area contributed by atoms with Gasteiger partial charge < -0.3 is 5.01 Å². The van der Waals surface area contributed by atoms with Crippen LogP contribution in [0.5, 0.6) is 0 Å². The van der Waals surface area contributed by atoms with Crippen molar-refractivity contribution in [2.75, 3.05) is 13.6 Å². The number of allylic oxidation sites excluding steroid dienone is 2. The molecule has 3 aromatic rings. The molecular formula is C24H30N4. The lowest BCUT2D eigenvalue weighted by Gasteiger charge is -2.15. The van der Waals surface area contributed by atoms with E-state index in [4.69, 9.17) is 0 Å². The third-order valence-corrected chi connectivity index (χ3v) is 4.20. The maximum Gasteiger partial charge on any atom is 0.0568 e. The minimum atomic E-state index is 0.931. The van der Waals surface area contributed by atoms with Crippen molar-refractivity contribution in [1.82, 2.24) is 20.2 Å². The van der Waals surface area contributed by atoms with Gasteiger partial charge in [-0.2, -0.15) is 5.10 Å². The fraction of sp³-hybridized carbons (Fsp3) is 0.208. The van der Waals surface area contributed by atoms with E-state index in [0.717, 1.165) is 12.1 Å². The minimum Gasteiger partial charge on any atom is -0.311 e. The minimum absolute atomic E-state index is 0.931. The SMILES string of the molecule is CC=CC.CN1NCC=C1c1ccccc1.Cn1cc(-c2ccccc2)cn1. The number of aromatic nitrogens is 2. The Hall–Kier alpha value is -3.11. The second-order valence-electron chi connectivity index (χ2n) is 6.31. The Morgan fingerprint density at radius 2 is 1.39 bits per heavy atom. The van der Waals surface area contributed by atoms with E-state index >= 15 is 0 Å². The smallest absolute Gasteiger partial charge is 0.0568 e. The molecule has 0 fully saturated rings. The summed E-state index contributed by atoms with van der Waals surface area (Å²) in [6.45, 7) is 4.93. The molecule has 1 aliphatic heterocycles. The molecule has 0 unspecified atom stereocenters. The first kappa shape index (κ1) is 21.2. The molecule has 1 N–H and O–H groups in total. The van der Waals surface area contributed by atoms with Crippen LogP contribution in [0, 0.1) is 0 Å². The van der Waals surface area contributed by atoms with Gasteiger partial charge in [0.1, 0.15) is 0 Å². The highest BCUT2D eigenvalue weighted by Crippen LogP contribution is 2.18. The maximum atomic E-state index is 4.11. The van der Waals surface area contributed by atoms with Gasteiger partial charge in [0, 0.05) is 32.4 Å². The predicted octanol–water partition coefficient (Wildman–Crippen LogP) is 5.15. The Morgan fingerprint density at radius 3 is 1.82 bits per heavy atom. The lowest BCUT2D eigenvalue weighted by atomic mass is 10.1. The Morgan fingerprint density at radius 1 is 0.821 bits per heavy atom. The largest absolute Gasteiger partial charge is 0.311 e. The summed E-state index contributed by atoms with van der Waals surface area (Å²) in [6, 6.07) is 20.6. The molecule has 28 heavy (non-hydrogen) atoms. The number of nitrogens with zero attached hydrogens (tertiary/aromatic N) is 3. The molecule has 4 heteroatoms. The third-order valence-electron chi connectivity index (χ3n) is 4.20. The summed E-state index contributed by atoms with van der Waals surface area (Å²) in [5.41, 5.74) is 8.12. The molecule has 0 atom stereocenters. The first-order chi connectivity index (χ1) is 13.7. The summed E-state index contributed by atoms with van der Waals surface area (Å²) in [7, 11) is 3.96. The van der Waals surface area contributed by atoms with E-state index in [1.54, 1.807) is 0 Å². The Bertz CT molecular complexity index is 860. The van der Waals surface area contributed by atoms with E-state index in [9.17, 15) is 0 Å². The molecule has 1 aromatic heterocycles. The highest BCUT2D eigenvalue weighted by atomic mass is 15.5. The average molecular weight is 375 g/mol. The van der Waals surface area contributed by atoms with Crippen LogP contribution in [0.1, 0.15) is 19.4 Å². The number of hydrazine groups is 1. The van der Waals surface area contributed by atoms with Crippen LogP contribution in [0.15, 0.2) is 91.3 Å². The number of benzene rings is 2. The second-order valence-corrected chi connectivity index (χ2v) is 6.31. The van der Waals surface area contributed by atoms with Crippen LogP contribution in [-0.4, -0.2) is 28.4 Å². The first-order valence-electron chi connectivity index (χ1n) is 9.50. The van der Waals surface area contributed by atoms with Crippen molar-refractivity contribution in [2.45, 2.75) is 13.8 Å². The van der Waals surface area contributed by atoms with Gasteiger partial charge in [0.15, 0.2) is 0 Å². The van der Waals surface area contributed by atoms with Crippen LogP contribution in [0.3, 0.4) is 0 Å². The Labute approximate surface area is 168 Å². The van der Waals surface area contributed by atoms with Gasteiger partial charge in [-0.15, -0.1) is 0 Å². The predicted molar refractivity (Wildman–Crippen MR) is 119 cm³/mol. The van der Waals surface area contributed by atoms with Crippen LogP contribution >= 0.6 is 0 Å². The van der Waals surface area contributed by atoms with Crippen LogP contribution in [-0.2, 0) is 7.05 Å². The third kappa shape index (κ3) is 6.56. The lowest BCUT2D eigenvalue weighted by Crippen LogP contribution is -2.26. The summed E-state index contributed by atoms with van der Waals surface area (Å²) >= 11 is 0. The summed E-state index contributed by atoms with van der Waals surface area (Å²) < 4.78 is 1.81. The standard InChI is InChI=1S/C10H10N2.C10H12N2.C4H8/c1-12-8-10(7-11-12)9-5-3-2-4-6-9;1-12-10(7-8-11-12)9-5-3-2-4-6-9;1-3-4-2/h2-8H,1H3;2-7,11H,8H2,1H3;3-4H,1-2H3. The number of hydrogen-bond donors (Lipinski definition) is 1. The van der Waals surface area contributed by atoms with Gasteiger partial charge in [0.05, 0.1) is 11.9 Å². The summed E-state index contributed by atoms with van der Waals surface area (Å²) in [5, 5.41) is 6.16. The first-order valence-corrected chi connectivity index (χ1v) is 9.50. The summed E-state index contributed by atoms with van der Waals surface area (Å²) in [6.07, 6.45) is 10.1. The van der Waals surface area contributed by atoms with Gasteiger partial charge in [-0.25, -0.2) is 5.43 Å². The van der Waals surface area contributed by atoms with Crippen LogP contribution in [0.2, 0.25) is 0 Å². The highest BCUT2D eigenvalue weighted by molar-refractivity contribution is 5.65. The van der Waals surface area contributed by atoms with Crippen molar-refractivity contribution in [3.63, 3.8) is 0 Å². The quantitative estimate of drug-likeness (QED) is 0.630. The zero-order valence-electron chi connectivity index (χ0n) is 17.2. The monoisotopic (exact) mass is 374 g/mol. The molecule has 1 aliphatic rings. The molecule has 2 heterocycles. The maximum absolute atomic E-state index is 4.11. The Balaban J connectivity index is 0.000000169. The molecular weight excluding hydrogens is 344 g/mol. The van der Waals surface area contributed by atoms with Crippen molar-refractivity contribution in [1.29, 1.82) is 0 Å². The van der Waals surface area contributed by atoms with Gasteiger partial charge in [-0.05, 0) is 31.1 Å². The zero-order chi connectivity index (χ0) is 20.2. The molecule has 0 amide bonds. The second kappa shape index (κ2) is 11.6. The van der Waals surface area contributed by atoms with E-state index in [0.29, 0.717) is 0 Å². The van der Waals surface area contributed by atoms with Crippen LogP contribution in [0.25, 0.3) is 16.8 Å². The number of nitrogens with one attached hydrogen (secondary N) is 1. The van der Waals surface area contributed by atoms with Gasteiger partial charge in [-0.1, -0.05) is 72.8 Å². The molecule has 2 aromatic carbocycles. The van der Waals surface area contributed by atoms with E-state index in [1.807, 2.05) is 81.4 Å². The topological polar surface area (TPSA) is 33.1 Å². The molecule has 0 radical (unpaired) electrons. The van der Waals surface area contributed by atoms with Gasteiger partial charge in [-0.3, -0.25) is 4.68 Å². The van der Waals surface area contributed by atoms with E-state index < -0.39 is 0 Å². The van der Waals surface area contributed by atoms with E-state index in [-0.39, 0.29) is 0 Å².